The zero-order valence-electron chi connectivity index (χ0n) is 16.6. The van der Waals surface area contributed by atoms with Crippen LogP contribution in [0.3, 0.4) is 0 Å². The van der Waals surface area contributed by atoms with Crippen molar-refractivity contribution in [2.45, 2.75) is 41.4 Å². The Morgan fingerprint density at radius 3 is 2.43 bits per heavy atom. The zero-order valence-corrected chi connectivity index (χ0v) is 18.2. The smallest absolute Gasteiger partial charge is 0.133 e. The van der Waals surface area contributed by atoms with Gasteiger partial charge in [-0.1, -0.05) is 71.9 Å². The second kappa shape index (κ2) is 10.8. The van der Waals surface area contributed by atoms with Crippen molar-refractivity contribution in [1.82, 2.24) is 0 Å². The molecule has 3 rings (SSSR count). The van der Waals surface area contributed by atoms with Gasteiger partial charge in [0.05, 0.1) is 4.90 Å². The molecule has 0 aliphatic heterocycles. The van der Waals surface area contributed by atoms with Crippen LogP contribution in [-0.2, 0) is 13.0 Å². The van der Waals surface area contributed by atoms with Crippen molar-refractivity contribution < 1.29 is 14.9 Å². The van der Waals surface area contributed by atoms with Crippen molar-refractivity contribution in [2.24, 2.45) is 5.73 Å². The van der Waals surface area contributed by atoms with Gasteiger partial charge in [-0.3, -0.25) is 0 Å². The number of benzene rings is 3. The molecule has 0 aromatic heterocycles. The molecule has 0 bridgehead atoms. The third-order valence-electron chi connectivity index (χ3n) is 4.71. The van der Waals surface area contributed by atoms with E-state index in [0.717, 1.165) is 26.7 Å². The summed E-state index contributed by atoms with van der Waals surface area (Å²) >= 11 is 8.05. The topological polar surface area (TPSA) is 75.7 Å². The quantitative estimate of drug-likeness (QED) is 0.383. The average molecular weight is 444 g/mol. The zero-order chi connectivity index (χ0) is 21.4. The Kier molecular flexibility index (Phi) is 8.19. The highest BCUT2D eigenvalue weighted by atomic mass is 35.5. The van der Waals surface area contributed by atoms with Crippen molar-refractivity contribution in [2.75, 3.05) is 6.61 Å². The maximum absolute atomic E-state index is 10.0. The Hall–Kier alpha value is -2.02. The number of ether oxygens (including phenoxy) is 1. The van der Waals surface area contributed by atoms with Crippen LogP contribution in [0.15, 0.2) is 82.6 Å². The van der Waals surface area contributed by atoms with E-state index in [9.17, 15) is 5.11 Å². The van der Waals surface area contributed by atoms with E-state index in [-0.39, 0.29) is 13.0 Å². The lowest BCUT2D eigenvalue weighted by atomic mass is 10.0. The predicted octanol–water partition coefficient (Wildman–Crippen LogP) is 5.03. The van der Waals surface area contributed by atoms with Crippen LogP contribution < -0.4 is 10.5 Å². The van der Waals surface area contributed by atoms with Crippen LogP contribution in [0, 0.1) is 0 Å². The van der Waals surface area contributed by atoms with Crippen LogP contribution >= 0.6 is 23.4 Å². The summed E-state index contributed by atoms with van der Waals surface area (Å²) < 4.78 is 6.03. The van der Waals surface area contributed by atoms with Gasteiger partial charge in [-0.25, -0.2) is 0 Å². The SMILES string of the molecule is NC(O)(CCO)CCc1ccc(Sc2ccccc2OCc2ccccc2)cc1Cl. The van der Waals surface area contributed by atoms with Gasteiger partial charge in [0.1, 0.15) is 18.1 Å². The molecule has 0 radical (unpaired) electrons. The molecule has 0 fully saturated rings. The number of aryl methyl sites for hydroxylation is 1. The second-order valence-corrected chi connectivity index (χ2v) is 8.68. The molecule has 0 saturated heterocycles. The summed E-state index contributed by atoms with van der Waals surface area (Å²) in [4.78, 5) is 2.01. The van der Waals surface area contributed by atoms with Gasteiger partial charge in [-0.2, -0.15) is 0 Å². The van der Waals surface area contributed by atoms with Gasteiger partial charge >= 0.3 is 0 Å². The molecule has 4 N–H and O–H groups in total. The third kappa shape index (κ3) is 6.76. The summed E-state index contributed by atoms with van der Waals surface area (Å²) in [5.74, 6) is 0.823. The first-order valence-electron chi connectivity index (χ1n) is 9.81. The molecule has 0 spiro atoms. The van der Waals surface area contributed by atoms with Crippen molar-refractivity contribution in [3.05, 3.63) is 88.9 Å². The molecule has 158 valence electrons. The van der Waals surface area contributed by atoms with E-state index in [0.29, 0.717) is 24.5 Å². The number of halogens is 1. The highest BCUT2D eigenvalue weighted by Crippen LogP contribution is 2.37. The van der Waals surface area contributed by atoms with E-state index in [1.807, 2.05) is 72.8 Å². The van der Waals surface area contributed by atoms with Crippen LogP contribution in [0.25, 0.3) is 0 Å². The van der Waals surface area contributed by atoms with Gasteiger partial charge in [0.2, 0.25) is 0 Å². The Morgan fingerprint density at radius 2 is 1.70 bits per heavy atom. The molecular formula is C24H26ClNO3S. The molecule has 0 saturated carbocycles. The lowest BCUT2D eigenvalue weighted by Gasteiger charge is -2.22. The van der Waals surface area contributed by atoms with E-state index in [2.05, 4.69) is 0 Å². The molecular weight excluding hydrogens is 418 g/mol. The molecule has 3 aromatic rings. The van der Waals surface area contributed by atoms with E-state index in [4.69, 9.17) is 27.2 Å². The molecule has 0 amide bonds. The van der Waals surface area contributed by atoms with Crippen molar-refractivity contribution in [3.8, 4) is 5.75 Å². The van der Waals surface area contributed by atoms with Gasteiger partial charge in [0.15, 0.2) is 0 Å². The van der Waals surface area contributed by atoms with Crippen LogP contribution in [-0.4, -0.2) is 22.5 Å². The minimum atomic E-state index is -1.39. The minimum absolute atomic E-state index is 0.137. The van der Waals surface area contributed by atoms with E-state index >= 15 is 0 Å². The Bertz CT molecular complexity index is 950. The average Bonchev–Trinajstić information content (AvgIpc) is 2.73. The number of aliphatic hydroxyl groups excluding tert-OH is 1. The van der Waals surface area contributed by atoms with Crippen molar-refractivity contribution >= 4 is 23.4 Å². The van der Waals surface area contributed by atoms with E-state index in [1.54, 1.807) is 11.8 Å². The molecule has 1 unspecified atom stereocenters. The summed E-state index contributed by atoms with van der Waals surface area (Å²) in [5.41, 5.74) is 6.42. The Morgan fingerprint density at radius 1 is 0.967 bits per heavy atom. The van der Waals surface area contributed by atoms with Crippen LogP contribution in [0.4, 0.5) is 0 Å². The minimum Gasteiger partial charge on any atom is -0.488 e. The Labute approximate surface area is 186 Å². The molecule has 0 heterocycles. The van der Waals surface area contributed by atoms with Crippen LogP contribution in [0.2, 0.25) is 5.02 Å². The fourth-order valence-corrected chi connectivity index (χ4v) is 4.26. The maximum Gasteiger partial charge on any atom is 0.133 e. The number of para-hydroxylation sites is 1. The van der Waals surface area contributed by atoms with Gasteiger partial charge in [0.25, 0.3) is 0 Å². The first kappa shape index (κ1) is 22.7. The molecule has 0 aliphatic rings. The van der Waals surface area contributed by atoms with Gasteiger partial charge in [-0.15, -0.1) is 0 Å². The largest absolute Gasteiger partial charge is 0.488 e. The monoisotopic (exact) mass is 443 g/mol. The maximum atomic E-state index is 10.0. The standard InChI is InChI=1S/C24H26ClNO3S/c25-21-16-20(11-10-19(21)12-13-24(26,28)14-15-27)30-23-9-5-4-8-22(23)29-17-18-6-2-1-3-7-18/h1-11,16,27-28H,12-15,17,26H2. The first-order valence-corrected chi connectivity index (χ1v) is 11.0. The third-order valence-corrected chi connectivity index (χ3v) is 6.11. The van der Waals surface area contributed by atoms with Gasteiger partial charge < -0.3 is 20.7 Å². The van der Waals surface area contributed by atoms with Gasteiger partial charge in [0, 0.05) is 22.9 Å². The number of hydrogen-bond acceptors (Lipinski definition) is 5. The second-order valence-electron chi connectivity index (χ2n) is 7.15. The molecule has 0 aliphatic carbocycles. The van der Waals surface area contributed by atoms with Crippen molar-refractivity contribution in [1.29, 1.82) is 0 Å². The van der Waals surface area contributed by atoms with E-state index < -0.39 is 5.72 Å². The molecule has 6 heteroatoms. The first-order chi connectivity index (χ1) is 14.5. The summed E-state index contributed by atoms with van der Waals surface area (Å²) in [5, 5.41) is 19.6. The number of nitrogens with two attached hydrogens (primary N) is 1. The Balaban J connectivity index is 1.66. The molecule has 30 heavy (non-hydrogen) atoms. The number of rotatable bonds is 10. The number of hydrogen-bond donors (Lipinski definition) is 3. The van der Waals surface area contributed by atoms with Gasteiger partial charge in [-0.05, 0) is 48.2 Å². The summed E-state index contributed by atoms with van der Waals surface area (Å²) in [6.07, 6.45) is 1.00. The normalized spacial score (nSPS) is 13.1. The summed E-state index contributed by atoms with van der Waals surface area (Å²) in [7, 11) is 0. The fourth-order valence-electron chi connectivity index (χ4n) is 2.98. The van der Waals surface area contributed by atoms with Crippen LogP contribution in [0.1, 0.15) is 24.0 Å². The van der Waals surface area contributed by atoms with Crippen molar-refractivity contribution in [3.63, 3.8) is 0 Å². The lowest BCUT2D eigenvalue weighted by molar-refractivity contribution is 0.0141. The lowest BCUT2D eigenvalue weighted by Crippen LogP contribution is -2.40. The van der Waals surface area contributed by atoms with Crippen LogP contribution in [0.5, 0.6) is 5.75 Å². The van der Waals surface area contributed by atoms with E-state index in [1.165, 1.54) is 0 Å². The molecule has 4 nitrogen and oxygen atoms in total. The predicted molar refractivity (Wildman–Crippen MR) is 122 cm³/mol. The molecule has 3 aromatic carbocycles. The summed E-state index contributed by atoms with van der Waals surface area (Å²) in [6, 6.07) is 23.9. The number of aliphatic hydroxyl groups is 2. The molecule has 1 atom stereocenters. The summed E-state index contributed by atoms with van der Waals surface area (Å²) in [6.45, 7) is 0.357. The highest BCUT2D eigenvalue weighted by molar-refractivity contribution is 7.99. The fraction of sp³-hybridized carbons (Fsp3) is 0.250. The highest BCUT2D eigenvalue weighted by Gasteiger charge is 2.20.